The van der Waals surface area contributed by atoms with Gasteiger partial charge in [-0.2, -0.15) is 5.10 Å². The highest BCUT2D eigenvalue weighted by Gasteiger charge is 2.21. The summed E-state index contributed by atoms with van der Waals surface area (Å²) in [6.07, 6.45) is 0.0882. The molecule has 0 radical (unpaired) electrons. The number of ether oxygens (including phenoxy) is 3. The minimum absolute atomic E-state index is 0.0882. The van der Waals surface area contributed by atoms with Gasteiger partial charge in [-0.05, 0) is 58.0 Å². The number of hydrogen-bond acceptors (Lipinski definition) is 8. The molecule has 0 spiro atoms. The van der Waals surface area contributed by atoms with Gasteiger partial charge in [-0.3, -0.25) is 14.3 Å². The van der Waals surface area contributed by atoms with E-state index in [0.29, 0.717) is 29.2 Å². The van der Waals surface area contributed by atoms with Crippen LogP contribution in [0, 0.1) is 27.7 Å². The highest BCUT2D eigenvalue weighted by molar-refractivity contribution is 6.00. The molecule has 0 aliphatic heterocycles. The zero-order chi connectivity index (χ0) is 26.6. The van der Waals surface area contributed by atoms with Gasteiger partial charge in [-0.15, -0.1) is 0 Å². The highest BCUT2D eigenvalue weighted by atomic mass is 16.5. The van der Waals surface area contributed by atoms with E-state index in [9.17, 15) is 19.2 Å². The Balaban J connectivity index is 1.78. The minimum atomic E-state index is -0.617. The molecule has 1 aromatic carbocycles. The topological polar surface area (TPSA) is 119 Å². The summed E-state index contributed by atoms with van der Waals surface area (Å²) in [6, 6.07) is 8.09. The van der Waals surface area contributed by atoms with E-state index in [1.807, 2.05) is 19.9 Å². The van der Waals surface area contributed by atoms with Gasteiger partial charge < -0.3 is 18.8 Å². The number of aryl methyl sites for hydroxylation is 4. The third-order valence-electron chi connectivity index (χ3n) is 5.75. The quantitative estimate of drug-likeness (QED) is 0.252. The molecule has 2 aromatic heterocycles. The maximum absolute atomic E-state index is 12.9. The monoisotopic (exact) mass is 495 g/mol. The fourth-order valence-electron chi connectivity index (χ4n) is 4.05. The van der Waals surface area contributed by atoms with Crippen LogP contribution in [0.25, 0.3) is 5.69 Å². The van der Waals surface area contributed by atoms with Crippen molar-refractivity contribution in [3.8, 4) is 5.69 Å². The number of nitrogens with zero attached hydrogens (tertiary/aromatic N) is 3. The fraction of sp³-hybridized carbons (Fsp3) is 0.346. The molecule has 0 N–H and O–H groups in total. The summed E-state index contributed by atoms with van der Waals surface area (Å²) in [5.74, 6) is -2.11. The van der Waals surface area contributed by atoms with Crippen molar-refractivity contribution in [1.82, 2.24) is 14.3 Å². The Kier molecular flexibility index (Phi) is 8.08. The van der Waals surface area contributed by atoms with Gasteiger partial charge in [0.2, 0.25) is 5.78 Å². The van der Waals surface area contributed by atoms with Gasteiger partial charge in [-0.25, -0.2) is 9.59 Å². The lowest BCUT2D eigenvalue weighted by Crippen LogP contribution is -2.17. The third kappa shape index (κ3) is 5.70. The maximum atomic E-state index is 12.9. The van der Waals surface area contributed by atoms with Gasteiger partial charge in [0.15, 0.2) is 6.61 Å². The van der Waals surface area contributed by atoms with Crippen molar-refractivity contribution in [2.75, 3.05) is 20.8 Å². The first-order valence-electron chi connectivity index (χ1n) is 11.3. The Morgan fingerprint density at radius 3 is 1.97 bits per heavy atom. The van der Waals surface area contributed by atoms with Crippen LogP contribution < -0.4 is 0 Å². The van der Waals surface area contributed by atoms with Gasteiger partial charge in [0.25, 0.3) is 0 Å². The summed E-state index contributed by atoms with van der Waals surface area (Å²) in [5.41, 5.74) is 4.21. The van der Waals surface area contributed by atoms with Crippen LogP contribution in [0.3, 0.4) is 0 Å². The summed E-state index contributed by atoms with van der Waals surface area (Å²) in [5, 5.41) is 4.30. The molecule has 0 fully saturated rings. The standard InChI is InChI=1S/C26H29N3O7/c1-15-9-16(2)28(27-15)8-7-24(31)36-14-23(30)22-10-17(3)29(18(22)4)21-12-19(25(32)34-5)11-20(13-21)26(33)35-6/h9-13H,7-8,14H2,1-6H3. The van der Waals surface area contributed by atoms with Crippen LogP contribution in [0.4, 0.5) is 0 Å². The largest absolute Gasteiger partial charge is 0.465 e. The van der Waals surface area contributed by atoms with E-state index in [0.717, 1.165) is 11.4 Å². The third-order valence-corrected chi connectivity index (χ3v) is 5.75. The number of Topliss-reactive ketones (excluding diaryl/α,β-unsaturated/α-hetero) is 1. The number of esters is 3. The molecule has 0 aliphatic carbocycles. The first-order chi connectivity index (χ1) is 17.0. The number of hydrogen-bond donors (Lipinski definition) is 0. The number of methoxy groups -OCH3 is 2. The van der Waals surface area contributed by atoms with Gasteiger partial charge in [0, 0.05) is 28.3 Å². The number of aromatic nitrogens is 3. The molecule has 2 heterocycles. The van der Waals surface area contributed by atoms with Crippen LogP contribution in [-0.2, 0) is 25.5 Å². The van der Waals surface area contributed by atoms with Crippen molar-refractivity contribution in [3.05, 3.63) is 69.8 Å². The Hall–Kier alpha value is -4.21. The lowest BCUT2D eigenvalue weighted by molar-refractivity contribution is -0.142. The number of carbonyl (C=O) groups is 4. The Morgan fingerprint density at radius 2 is 1.44 bits per heavy atom. The zero-order valence-electron chi connectivity index (χ0n) is 21.2. The SMILES string of the molecule is COC(=O)c1cc(C(=O)OC)cc(-n2c(C)cc(C(=O)COC(=O)CCn3nc(C)cc3C)c2C)c1. The normalized spacial score (nSPS) is 10.7. The van der Waals surface area contributed by atoms with E-state index in [1.54, 1.807) is 41.3 Å². The van der Waals surface area contributed by atoms with E-state index < -0.39 is 24.5 Å². The van der Waals surface area contributed by atoms with Gasteiger partial charge in [0.05, 0.1) is 44.0 Å². The molecule has 0 atom stereocenters. The van der Waals surface area contributed by atoms with Crippen LogP contribution in [0.15, 0.2) is 30.3 Å². The van der Waals surface area contributed by atoms with Crippen molar-refractivity contribution in [2.45, 2.75) is 40.7 Å². The average molecular weight is 496 g/mol. The molecule has 3 aromatic rings. The van der Waals surface area contributed by atoms with Gasteiger partial charge in [-0.1, -0.05) is 0 Å². The second kappa shape index (κ2) is 11.0. The lowest BCUT2D eigenvalue weighted by Gasteiger charge is -2.13. The molecule has 0 saturated heterocycles. The number of ketones is 1. The van der Waals surface area contributed by atoms with Crippen molar-refractivity contribution in [1.29, 1.82) is 0 Å². The Labute approximate surface area is 208 Å². The van der Waals surface area contributed by atoms with E-state index in [1.165, 1.54) is 20.3 Å². The average Bonchev–Trinajstić information content (AvgIpc) is 3.35. The Bertz CT molecular complexity index is 1300. The fourth-order valence-corrected chi connectivity index (χ4v) is 4.05. The van der Waals surface area contributed by atoms with E-state index in [-0.39, 0.29) is 23.3 Å². The lowest BCUT2D eigenvalue weighted by atomic mass is 10.1. The molecule has 0 unspecified atom stereocenters. The molecular formula is C26H29N3O7. The summed E-state index contributed by atoms with van der Waals surface area (Å²) in [7, 11) is 2.49. The number of carbonyl (C=O) groups excluding carboxylic acids is 4. The summed E-state index contributed by atoms with van der Waals surface area (Å²) < 4.78 is 18.3. The first kappa shape index (κ1) is 26.4. The summed E-state index contributed by atoms with van der Waals surface area (Å²) in [6.45, 7) is 7.25. The number of rotatable bonds is 9. The van der Waals surface area contributed by atoms with Crippen LogP contribution in [0.2, 0.25) is 0 Å². The van der Waals surface area contributed by atoms with E-state index in [2.05, 4.69) is 5.10 Å². The Morgan fingerprint density at radius 1 is 0.833 bits per heavy atom. The molecule has 0 bridgehead atoms. The second-order valence-corrected chi connectivity index (χ2v) is 8.36. The molecule has 0 aliphatic rings. The van der Waals surface area contributed by atoms with Gasteiger partial charge >= 0.3 is 17.9 Å². The molecule has 190 valence electrons. The minimum Gasteiger partial charge on any atom is -0.465 e. The molecule has 10 heteroatoms. The molecule has 36 heavy (non-hydrogen) atoms. The van der Waals surface area contributed by atoms with Crippen LogP contribution in [0.5, 0.6) is 0 Å². The molecule has 3 rings (SSSR count). The zero-order valence-corrected chi connectivity index (χ0v) is 21.2. The van der Waals surface area contributed by atoms with Crippen LogP contribution in [0.1, 0.15) is 60.3 Å². The molecule has 10 nitrogen and oxygen atoms in total. The van der Waals surface area contributed by atoms with Crippen LogP contribution in [-0.4, -0.2) is 58.9 Å². The smallest absolute Gasteiger partial charge is 0.337 e. The molecule has 0 saturated carbocycles. The van der Waals surface area contributed by atoms with Crippen molar-refractivity contribution in [3.63, 3.8) is 0 Å². The van der Waals surface area contributed by atoms with Crippen LogP contribution >= 0.6 is 0 Å². The second-order valence-electron chi connectivity index (χ2n) is 8.36. The first-order valence-corrected chi connectivity index (χ1v) is 11.3. The van der Waals surface area contributed by atoms with E-state index >= 15 is 0 Å². The van der Waals surface area contributed by atoms with Crippen molar-refractivity contribution < 1.29 is 33.4 Å². The van der Waals surface area contributed by atoms with Crippen molar-refractivity contribution in [2.24, 2.45) is 0 Å². The predicted molar refractivity (Wildman–Crippen MR) is 130 cm³/mol. The molecule has 0 amide bonds. The van der Waals surface area contributed by atoms with E-state index in [4.69, 9.17) is 14.2 Å². The summed E-state index contributed by atoms with van der Waals surface area (Å²) in [4.78, 5) is 49.4. The highest BCUT2D eigenvalue weighted by Crippen LogP contribution is 2.24. The van der Waals surface area contributed by atoms with Gasteiger partial charge in [0.1, 0.15) is 0 Å². The molecular weight excluding hydrogens is 466 g/mol. The predicted octanol–water partition coefficient (Wildman–Crippen LogP) is 3.30. The van der Waals surface area contributed by atoms with Crippen molar-refractivity contribution >= 4 is 23.7 Å². The summed E-state index contributed by atoms with van der Waals surface area (Å²) >= 11 is 0. The maximum Gasteiger partial charge on any atom is 0.337 e. The number of benzene rings is 1.